The molecule has 0 bridgehead atoms. The van der Waals surface area contributed by atoms with E-state index >= 15 is 0 Å². The number of anilines is 1. The Balaban J connectivity index is 1.92. The van der Waals surface area contributed by atoms with Crippen LogP contribution in [-0.2, 0) is 21.3 Å². The fourth-order valence-electron chi connectivity index (χ4n) is 1.90. The van der Waals surface area contributed by atoms with Crippen LogP contribution in [0.5, 0.6) is 0 Å². The van der Waals surface area contributed by atoms with Crippen molar-refractivity contribution in [3.8, 4) is 0 Å². The maximum Gasteiger partial charge on any atom is 0.390 e. The molecule has 0 amide bonds. The zero-order valence-corrected chi connectivity index (χ0v) is 13.0. The van der Waals surface area contributed by atoms with E-state index in [4.69, 9.17) is 4.74 Å². The maximum atomic E-state index is 12.1. The quantitative estimate of drug-likeness (QED) is 0.809. The molecule has 1 aliphatic heterocycles. The number of nitrogens with zero attached hydrogens (tertiary/aromatic N) is 3. The Kier molecular flexibility index (Phi) is 5.76. The Labute approximate surface area is 131 Å². The minimum absolute atomic E-state index is 0.181. The minimum atomic E-state index is -4.51. The van der Waals surface area contributed by atoms with Gasteiger partial charge in [0.15, 0.2) is 0 Å². The number of morpholine rings is 1. The number of aromatic nitrogens is 2. The van der Waals surface area contributed by atoms with Crippen LogP contribution >= 0.6 is 0 Å². The van der Waals surface area contributed by atoms with Crippen LogP contribution in [0.1, 0.15) is 12.1 Å². The van der Waals surface area contributed by atoms with Crippen molar-refractivity contribution in [3.63, 3.8) is 0 Å². The Bertz CT molecular complexity index is 618. The molecule has 0 aliphatic carbocycles. The van der Waals surface area contributed by atoms with Crippen molar-refractivity contribution in [1.82, 2.24) is 14.7 Å². The van der Waals surface area contributed by atoms with E-state index in [2.05, 4.69) is 14.7 Å². The molecule has 23 heavy (non-hydrogen) atoms. The second kappa shape index (κ2) is 7.41. The largest absolute Gasteiger partial charge is 0.390 e. The molecule has 1 aromatic rings. The molecule has 0 saturated carbocycles. The van der Waals surface area contributed by atoms with Gasteiger partial charge in [0.1, 0.15) is 0 Å². The van der Waals surface area contributed by atoms with Crippen LogP contribution in [0.15, 0.2) is 12.3 Å². The van der Waals surface area contributed by atoms with Gasteiger partial charge in [-0.25, -0.2) is 23.1 Å². The molecular formula is C12H17F3N4O3S. The van der Waals surface area contributed by atoms with E-state index in [1.165, 1.54) is 12.3 Å². The van der Waals surface area contributed by atoms with Crippen LogP contribution < -0.4 is 9.62 Å². The van der Waals surface area contributed by atoms with Gasteiger partial charge < -0.3 is 9.64 Å². The van der Waals surface area contributed by atoms with Crippen molar-refractivity contribution in [2.24, 2.45) is 0 Å². The predicted octanol–water partition coefficient (Wildman–Crippen LogP) is 0.685. The topological polar surface area (TPSA) is 84.4 Å². The van der Waals surface area contributed by atoms with Crippen LogP contribution in [0.3, 0.4) is 0 Å². The van der Waals surface area contributed by atoms with Gasteiger partial charge in [-0.05, 0) is 6.07 Å². The molecule has 2 rings (SSSR count). The molecule has 1 aromatic heterocycles. The van der Waals surface area contributed by atoms with Gasteiger partial charge >= 0.3 is 6.18 Å². The molecule has 0 atom stereocenters. The average Bonchev–Trinajstić information content (AvgIpc) is 2.52. The van der Waals surface area contributed by atoms with Gasteiger partial charge in [-0.3, -0.25) is 0 Å². The fourth-order valence-corrected chi connectivity index (χ4v) is 2.92. The van der Waals surface area contributed by atoms with Gasteiger partial charge in [0.25, 0.3) is 0 Å². The van der Waals surface area contributed by atoms with Crippen LogP contribution in [0.2, 0.25) is 0 Å². The smallest absolute Gasteiger partial charge is 0.378 e. The summed E-state index contributed by atoms with van der Waals surface area (Å²) in [4.78, 5) is 10.2. The van der Waals surface area contributed by atoms with Crippen molar-refractivity contribution in [3.05, 3.63) is 18.0 Å². The maximum absolute atomic E-state index is 12.1. The Morgan fingerprint density at radius 3 is 2.65 bits per heavy atom. The van der Waals surface area contributed by atoms with Crippen molar-refractivity contribution in [2.75, 3.05) is 37.0 Å². The number of nitrogens with one attached hydrogen (secondary N) is 1. The molecule has 7 nitrogen and oxygen atoms in total. The number of rotatable bonds is 6. The van der Waals surface area contributed by atoms with E-state index < -0.39 is 28.4 Å². The lowest BCUT2D eigenvalue weighted by Crippen LogP contribution is -2.37. The summed E-state index contributed by atoms with van der Waals surface area (Å²) in [6.07, 6.45) is -4.41. The number of halogens is 3. The Morgan fingerprint density at radius 1 is 1.30 bits per heavy atom. The van der Waals surface area contributed by atoms with Gasteiger partial charge in [0, 0.05) is 19.3 Å². The molecule has 0 aromatic carbocycles. The SMILES string of the molecule is O=S(=O)(CCC(F)(F)F)NCc1ccnc(N2CCOCC2)n1. The molecule has 0 spiro atoms. The van der Waals surface area contributed by atoms with E-state index in [9.17, 15) is 21.6 Å². The molecule has 11 heteroatoms. The molecule has 2 heterocycles. The summed E-state index contributed by atoms with van der Waals surface area (Å²) in [6.45, 7) is 2.18. The van der Waals surface area contributed by atoms with Crippen LogP contribution in [0.25, 0.3) is 0 Å². The van der Waals surface area contributed by atoms with Gasteiger partial charge in [-0.1, -0.05) is 0 Å². The second-order valence-corrected chi connectivity index (χ2v) is 6.88. The summed E-state index contributed by atoms with van der Waals surface area (Å²) < 4.78 is 66.7. The molecule has 1 fully saturated rings. The summed E-state index contributed by atoms with van der Waals surface area (Å²) in [5, 5.41) is 0. The zero-order valence-electron chi connectivity index (χ0n) is 12.2. The number of sulfonamides is 1. The average molecular weight is 354 g/mol. The normalized spacial score (nSPS) is 16.6. The molecule has 1 saturated heterocycles. The molecule has 0 radical (unpaired) electrons. The summed E-state index contributed by atoms with van der Waals surface area (Å²) in [6, 6.07) is 1.51. The third-order valence-electron chi connectivity index (χ3n) is 3.12. The first-order valence-corrected chi connectivity index (χ1v) is 8.59. The lowest BCUT2D eigenvalue weighted by atomic mass is 10.4. The fraction of sp³-hybridized carbons (Fsp3) is 0.667. The van der Waals surface area contributed by atoms with Crippen LogP contribution in [-0.4, -0.2) is 56.6 Å². The van der Waals surface area contributed by atoms with E-state index in [1.807, 2.05) is 4.90 Å². The number of hydrogen-bond acceptors (Lipinski definition) is 6. The van der Waals surface area contributed by atoms with Crippen molar-refractivity contribution in [2.45, 2.75) is 19.1 Å². The summed E-state index contributed by atoms with van der Waals surface area (Å²) >= 11 is 0. The number of ether oxygens (including phenoxy) is 1. The standard InChI is InChI=1S/C12H17F3N4O3S/c13-12(14,15)2-8-23(20,21)17-9-10-1-3-16-11(18-10)19-4-6-22-7-5-19/h1,3,17H,2,4-9H2. The Hall–Kier alpha value is -1.46. The zero-order chi connectivity index (χ0) is 16.9. The molecular weight excluding hydrogens is 337 g/mol. The highest BCUT2D eigenvalue weighted by Gasteiger charge is 2.29. The minimum Gasteiger partial charge on any atom is -0.378 e. The van der Waals surface area contributed by atoms with Gasteiger partial charge in [-0.2, -0.15) is 13.2 Å². The molecule has 1 aliphatic rings. The van der Waals surface area contributed by atoms with Crippen LogP contribution in [0.4, 0.5) is 19.1 Å². The first-order valence-electron chi connectivity index (χ1n) is 6.94. The molecule has 0 unspecified atom stereocenters. The highest BCUT2D eigenvalue weighted by molar-refractivity contribution is 7.89. The molecule has 1 N–H and O–H groups in total. The van der Waals surface area contributed by atoms with Gasteiger partial charge in [-0.15, -0.1) is 0 Å². The van der Waals surface area contributed by atoms with Gasteiger partial charge in [0.2, 0.25) is 16.0 Å². The van der Waals surface area contributed by atoms with Crippen molar-refractivity contribution >= 4 is 16.0 Å². The van der Waals surface area contributed by atoms with E-state index in [0.29, 0.717) is 37.9 Å². The van der Waals surface area contributed by atoms with Crippen molar-refractivity contribution in [1.29, 1.82) is 0 Å². The lowest BCUT2D eigenvalue weighted by molar-refractivity contribution is -0.129. The summed E-state index contributed by atoms with van der Waals surface area (Å²) in [5.41, 5.74) is 0.386. The first kappa shape index (κ1) is 17.9. The van der Waals surface area contributed by atoms with E-state index in [1.54, 1.807) is 0 Å². The second-order valence-electron chi connectivity index (χ2n) is 4.95. The van der Waals surface area contributed by atoms with E-state index in [0.717, 1.165) is 0 Å². The lowest BCUT2D eigenvalue weighted by Gasteiger charge is -2.26. The summed E-state index contributed by atoms with van der Waals surface area (Å²) in [7, 11) is -4.01. The molecule has 130 valence electrons. The van der Waals surface area contributed by atoms with Crippen LogP contribution in [0, 0.1) is 0 Å². The van der Waals surface area contributed by atoms with Crippen molar-refractivity contribution < 1.29 is 26.3 Å². The van der Waals surface area contributed by atoms with Gasteiger partial charge in [0.05, 0.1) is 37.6 Å². The summed E-state index contributed by atoms with van der Waals surface area (Å²) in [5.74, 6) is -0.557. The highest BCUT2D eigenvalue weighted by atomic mass is 32.2. The predicted molar refractivity (Wildman–Crippen MR) is 76.4 cm³/mol. The third kappa shape index (κ3) is 6.28. The monoisotopic (exact) mass is 354 g/mol. The first-order chi connectivity index (χ1) is 10.8. The highest BCUT2D eigenvalue weighted by Crippen LogP contribution is 2.20. The Morgan fingerprint density at radius 2 is 2.00 bits per heavy atom. The third-order valence-corrected chi connectivity index (χ3v) is 4.45. The number of alkyl halides is 3. The van der Waals surface area contributed by atoms with E-state index in [-0.39, 0.29) is 6.54 Å². The number of hydrogen-bond donors (Lipinski definition) is 1.